The van der Waals surface area contributed by atoms with Crippen LogP contribution < -0.4 is 0 Å². The number of ether oxygens (including phenoxy) is 1. The summed E-state index contributed by atoms with van der Waals surface area (Å²) in [7, 11) is 0. The fourth-order valence-electron chi connectivity index (χ4n) is 9.65. The lowest BCUT2D eigenvalue weighted by atomic mass is 9.44. The van der Waals surface area contributed by atoms with Crippen molar-refractivity contribution in [3.05, 3.63) is 0 Å². The van der Waals surface area contributed by atoms with E-state index < -0.39 is 0 Å². The molecule has 0 heterocycles. The first kappa shape index (κ1) is 25.6. The fraction of sp³-hybridized carbons (Fsp3) is 0.968. The number of esters is 1. The Hall–Kier alpha value is -0.530. The highest BCUT2D eigenvalue weighted by molar-refractivity contribution is 5.71. The Morgan fingerprint density at radius 3 is 2.24 bits per heavy atom. The summed E-state index contributed by atoms with van der Waals surface area (Å²) in [6.45, 7) is 16.6. The number of carbonyl (C=O) groups excluding carboxylic acids is 1. The molecule has 190 valence electrons. The zero-order chi connectivity index (χ0) is 24.0. The van der Waals surface area contributed by atoms with E-state index in [1.807, 2.05) is 13.8 Å². The molecule has 2 nitrogen and oxygen atoms in total. The molecule has 0 aromatic rings. The standard InChI is InChI=1S/C31H54O2/c1-20(2)9-8-10-22(5)26-13-14-27-25-12-11-23-19-24(33-29(32)21(3)4)15-17-30(23,6)28(25)16-18-31(26,27)7/h20-28H,8-19H2,1-7H3/t22?,23-,24-,25?,26?,27?,28?,30?,31?/m0/s1. The van der Waals surface area contributed by atoms with Crippen molar-refractivity contribution in [2.75, 3.05) is 0 Å². The smallest absolute Gasteiger partial charge is 0.308 e. The SMILES string of the molecule is CC(C)CCCC(C)C1CCC2C3CC[C@H]4C[C@@H](OC(=O)C(C)C)CCC4(C)C3CCC12C. The maximum absolute atomic E-state index is 12.2. The quantitative estimate of drug-likeness (QED) is 0.357. The fourth-order valence-corrected chi connectivity index (χ4v) is 9.65. The first-order valence-corrected chi connectivity index (χ1v) is 14.8. The van der Waals surface area contributed by atoms with E-state index in [9.17, 15) is 4.79 Å². The van der Waals surface area contributed by atoms with Crippen LogP contribution in [0.25, 0.3) is 0 Å². The minimum absolute atomic E-state index is 0.00485. The Labute approximate surface area is 205 Å². The van der Waals surface area contributed by atoms with Gasteiger partial charge in [0.1, 0.15) is 6.10 Å². The van der Waals surface area contributed by atoms with E-state index in [1.165, 1.54) is 64.2 Å². The summed E-state index contributed by atoms with van der Waals surface area (Å²) in [6, 6.07) is 0. The summed E-state index contributed by atoms with van der Waals surface area (Å²) in [6.07, 6.45) is 16.6. The Bertz CT molecular complexity index is 682. The normalized spacial score (nSPS) is 43.7. The van der Waals surface area contributed by atoms with Gasteiger partial charge in [-0.25, -0.2) is 0 Å². The van der Waals surface area contributed by atoms with Crippen LogP contribution in [0.1, 0.15) is 126 Å². The number of carbonyl (C=O) groups is 1. The van der Waals surface area contributed by atoms with Crippen molar-refractivity contribution in [2.24, 2.45) is 58.2 Å². The number of hydrogen-bond acceptors (Lipinski definition) is 2. The van der Waals surface area contributed by atoms with E-state index >= 15 is 0 Å². The maximum Gasteiger partial charge on any atom is 0.308 e. The van der Waals surface area contributed by atoms with Gasteiger partial charge in [-0.05, 0) is 110 Å². The van der Waals surface area contributed by atoms with Gasteiger partial charge in [-0.3, -0.25) is 4.79 Å². The van der Waals surface area contributed by atoms with Crippen molar-refractivity contribution in [2.45, 2.75) is 132 Å². The number of fused-ring (bicyclic) bond motifs is 5. The lowest BCUT2D eigenvalue weighted by Gasteiger charge is -2.61. The van der Waals surface area contributed by atoms with E-state index in [1.54, 1.807) is 0 Å². The van der Waals surface area contributed by atoms with Gasteiger partial charge in [-0.1, -0.05) is 67.7 Å². The van der Waals surface area contributed by atoms with Crippen LogP contribution in [0.5, 0.6) is 0 Å². The topological polar surface area (TPSA) is 26.3 Å². The summed E-state index contributed by atoms with van der Waals surface area (Å²) in [5.74, 6) is 6.27. The molecular formula is C31H54O2. The van der Waals surface area contributed by atoms with Crippen LogP contribution in [-0.2, 0) is 9.53 Å². The molecule has 0 spiro atoms. The van der Waals surface area contributed by atoms with Crippen LogP contribution in [0, 0.1) is 58.2 Å². The Morgan fingerprint density at radius 1 is 0.848 bits per heavy atom. The first-order valence-electron chi connectivity index (χ1n) is 14.8. The summed E-state index contributed by atoms with van der Waals surface area (Å²) >= 11 is 0. The van der Waals surface area contributed by atoms with Crippen molar-refractivity contribution >= 4 is 5.97 Å². The van der Waals surface area contributed by atoms with Crippen molar-refractivity contribution in [3.63, 3.8) is 0 Å². The van der Waals surface area contributed by atoms with Gasteiger partial charge in [0.2, 0.25) is 0 Å². The molecule has 7 unspecified atom stereocenters. The van der Waals surface area contributed by atoms with Gasteiger partial charge in [-0.15, -0.1) is 0 Å². The average Bonchev–Trinajstić information content (AvgIpc) is 3.11. The summed E-state index contributed by atoms with van der Waals surface area (Å²) in [5, 5.41) is 0. The third-order valence-corrected chi connectivity index (χ3v) is 11.6. The van der Waals surface area contributed by atoms with Crippen LogP contribution in [0.15, 0.2) is 0 Å². The molecule has 2 heteroatoms. The summed E-state index contributed by atoms with van der Waals surface area (Å²) in [4.78, 5) is 12.2. The zero-order valence-corrected chi connectivity index (χ0v) is 23.0. The Kier molecular flexibility index (Phi) is 7.63. The Morgan fingerprint density at radius 2 is 1.55 bits per heavy atom. The summed E-state index contributed by atoms with van der Waals surface area (Å²) in [5.41, 5.74) is 1.07. The van der Waals surface area contributed by atoms with Crippen LogP contribution in [0.3, 0.4) is 0 Å². The Balaban J connectivity index is 1.41. The van der Waals surface area contributed by atoms with Crippen molar-refractivity contribution in [3.8, 4) is 0 Å². The predicted molar refractivity (Wildman–Crippen MR) is 138 cm³/mol. The third kappa shape index (κ3) is 4.80. The second-order valence-corrected chi connectivity index (χ2v) is 14.2. The molecule has 0 radical (unpaired) electrons. The molecule has 4 aliphatic rings. The third-order valence-electron chi connectivity index (χ3n) is 11.6. The molecule has 0 amide bonds. The molecule has 9 atom stereocenters. The monoisotopic (exact) mass is 458 g/mol. The van der Waals surface area contributed by atoms with Gasteiger partial charge >= 0.3 is 5.97 Å². The lowest BCUT2D eigenvalue weighted by molar-refractivity contribution is -0.165. The lowest BCUT2D eigenvalue weighted by Crippen LogP contribution is -2.54. The highest BCUT2D eigenvalue weighted by Gasteiger charge is 2.60. The van der Waals surface area contributed by atoms with Crippen LogP contribution in [-0.4, -0.2) is 12.1 Å². The molecule has 0 saturated heterocycles. The average molecular weight is 459 g/mol. The summed E-state index contributed by atoms with van der Waals surface area (Å²) < 4.78 is 5.92. The van der Waals surface area contributed by atoms with Crippen LogP contribution >= 0.6 is 0 Å². The molecular weight excluding hydrogens is 404 g/mol. The highest BCUT2D eigenvalue weighted by atomic mass is 16.5. The minimum atomic E-state index is -0.00635. The number of rotatable bonds is 7. The van der Waals surface area contributed by atoms with Gasteiger partial charge < -0.3 is 4.74 Å². The van der Waals surface area contributed by atoms with Gasteiger partial charge in [0.05, 0.1) is 5.92 Å². The van der Waals surface area contributed by atoms with Gasteiger partial charge in [0.25, 0.3) is 0 Å². The molecule has 0 aromatic carbocycles. The molecule has 4 rings (SSSR count). The van der Waals surface area contributed by atoms with Crippen molar-refractivity contribution in [1.82, 2.24) is 0 Å². The molecule has 4 aliphatic carbocycles. The molecule has 0 aromatic heterocycles. The minimum Gasteiger partial charge on any atom is -0.462 e. The molecule has 4 fully saturated rings. The molecule has 4 saturated carbocycles. The van der Waals surface area contributed by atoms with E-state index in [-0.39, 0.29) is 18.0 Å². The molecule has 0 bridgehead atoms. The van der Waals surface area contributed by atoms with Crippen molar-refractivity contribution < 1.29 is 9.53 Å². The molecule has 0 N–H and O–H groups in total. The van der Waals surface area contributed by atoms with Crippen molar-refractivity contribution in [1.29, 1.82) is 0 Å². The number of hydrogen-bond donors (Lipinski definition) is 0. The maximum atomic E-state index is 12.2. The van der Waals surface area contributed by atoms with E-state index in [0.29, 0.717) is 10.8 Å². The van der Waals surface area contributed by atoms with E-state index in [4.69, 9.17) is 4.74 Å². The second-order valence-electron chi connectivity index (χ2n) is 14.2. The van der Waals surface area contributed by atoms with Crippen LogP contribution in [0.4, 0.5) is 0 Å². The zero-order valence-electron chi connectivity index (χ0n) is 23.0. The largest absolute Gasteiger partial charge is 0.462 e. The highest BCUT2D eigenvalue weighted by Crippen LogP contribution is 2.68. The van der Waals surface area contributed by atoms with Gasteiger partial charge in [0.15, 0.2) is 0 Å². The van der Waals surface area contributed by atoms with Gasteiger partial charge in [-0.2, -0.15) is 0 Å². The predicted octanol–water partition coefficient (Wildman–Crippen LogP) is 8.68. The first-order chi connectivity index (χ1) is 15.6. The molecule has 0 aliphatic heterocycles. The van der Waals surface area contributed by atoms with Gasteiger partial charge in [0, 0.05) is 0 Å². The van der Waals surface area contributed by atoms with E-state index in [2.05, 4.69) is 34.6 Å². The van der Waals surface area contributed by atoms with Crippen LogP contribution in [0.2, 0.25) is 0 Å². The van der Waals surface area contributed by atoms with E-state index in [0.717, 1.165) is 54.3 Å². The second kappa shape index (κ2) is 9.85. The molecule has 33 heavy (non-hydrogen) atoms.